The number of non-ortho nitro benzene ring substituents is 1. The van der Waals surface area contributed by atoms with Gasteiger partial charge in [0.25, 0.3) is 17.4 Å². The monoisotopic (exact) mass is 473 g/mol. The van der Waals surface area contributed by atoms with Gasteiger partial charge in [0.1, 0.15) is 11.5 Å². The minimum absolute atomic E-state index is 0.0300. The van der Waals surface area contributed by atoms with E-state index >= 15 is 0 Å². The number of aliphatic hydroxyl groups excluding tert-OH is 1. The summed E-state index contributed by atoms with van der Waals surface area (Å²) in [6.07, 6.45) is 3.95. The number of hydrogen-bond donors (Lipinski definition) is 1. The molecule has 35 heavy (non-hydrogen) atoms. The second-order valence-corrected chi connectivity index (χ2v) is 8.02. The Labute approximate surface area is 201 Å². The first kappa shape index (κ1) is 23.6. The van der Waals surface area contributed by atoms with Crippen LogP contribution < -0.4 is 4.74 Å². The number of nitrogens with zero attached hydrogens (tertiary/aromatic N) is 3. The van der Waals surface area contributed by atoms with E-state index in [1.54, 1.807) is 54.9 Å². The van der Waals surface area contributed by atoms with Gasteiger partial charge in [0.05, 0.1) is 23.1 Å². The third kappa shape index (κ3) is 4.89. The number of rotatable bonds is 8. The van der Waals surface area contributed by atoms with Crippen LogP contribution in [0.25, 0.3) is 5.76 Å². The van der Waals surface area contributed by atoms with Crippen molar-refractivity contribution in [3.63, 3.8) is 0 Å². The van der Waals surface area contributed by atoms with Crippen LogP contribution in [0.5, 0.6) is 5.75 Å². The molecule has 1 unspecified atom stereocenters. The molecule has 0 spiro atoms. The molecule has 1 N–H and O–H groups in total. The maximum atomic E-state index is 13.2. The Kier molecular flexibility index (Phi) is 6.86. The van der Waals surface area contributed by atoms with Gasteiger partial charge in [0.15, 0.2) is 0 Å². The Morgan fingerprint density at radius 3 is 2.66 bits per heavy atom. The van der Waals surface area contributed by atoms with Crippen molar-refractivity contribution in [2.24, 2.45) is 0 Å². The third-order valence-corrected chi connectivity index (χ3v) is 5.59. The quantitative estimate of drug-likeness (QED) is 0.169. The minimum atomic E-state index is -1.03. The zero-order valence-electron chi connectivity index (χ0n) is 19.0. The van der Waals surface area contributed by atoms with E-state index in [0.717, 1.165) is 6.42 Å². The number of aromatic nitrogens is 1. The number of nitro groups is 1. The van der Waals surface area contributed by atoms with Gasteiger partial charge in [-0.15, -0.1) is 0 Å². The van der Waals surface area contributed by atoms with E-state index in [0.29, 0.717) is 29.0 Å². The van der Waals surface area contributed by atoms with Crippen LogP contribution in [0.3, 0.4) is 0 Å². The summed E-state index contributed by atoms with van der Waals surface area (Å²) in [5.74, 6) is -1.56. The molecule has 1 aliphatic heterocycles. The number of carbonyl (C=O) groups is 2. The zero-order valence-corrected chi connectivity index (χ0v) is 19.0. The summed E-state index contributed by atoms with van der Waals surface area (Å²) in [5.41, 5.74) is 0.965. The lowest BCUT2D eigenvalue weighted by Gasteiger charge is -2.25. The number of aliphatic hydroxyl groups is 1. The molecule has 0 bridgehead atoms. The molecule has 2 aromatic carbocycles. The molecular weight excluding hydrogens is 450 g/mol. The molecule has 1 fully saturated rings. The van der Waals surface area contributed by atoms with Gasteiger partial charge in [-0.1, -0.05) is 37.3 Å². The molecule has 4 rings (SSSR count). The Balaban J connectivity index is 1.85. The molecule has 2 heterocycles. The van der Waals surface area contributed by atoms with Crippen LogP contribution in [0, 0.1) is 10.1 Å². The zero-order chi connectivity index (χ0) is 24.9. The van der Waals surface area contributed by atoms with Gasteiger partial charge in [-0.2, -0.15) is 0 Å². The Morgan fingerprint density at radius 1 is 1.14 bits per heavy atom. The lowest BCUT2D eigenvalue weighted by atomic mass is 9.94. The van der Waals surface area contributed by atoms with Crippen molar-refractivity contribution in [1.82, 2.24) is 9.88 Å². The maximum absolute atomic E-state index is 13.2. The SMILES string of the molecule is CCCOc1cccc(C(O)=C2C(=O)C(=O)N(Cc3cccnc3)C2c2cccc([N+](=O)[O-])c2)c1. The molecule has 0 radical (unpaired) electrons. The van der Waals surface area contributed by atoms with Crippen LogP contribution in [-0.4, -0.2) is 38.2 Å². The second-order valence-electron chi connectivity index (χ2n) is 8.02. The summed E-state index contributed by atoms with van der Waals surface area (Å²) < 4.78 is 5.63. The predicted octanol–water partition coefficient (Wildman–Crippen LogP) is 4.40. The van der Waals surface area contributed by atoms with E-state index < -0.39 is 22.7 Å². The van der Waals surface area contributed by atoms with Crippen LogP contribution in [0.4, 0.5) is 5.69 Å². The Hall–Kier alpha value is -4.53. The summed E-state index contributed by atoms with van der Waals surface area (Å²) in [6.45, 7) is 2.47. The van der Waals surface area contributed by atoms with Gasteiger partial charge in [-0.25, -0.2) is 0 Å². The number of benzene rings is 2. The average molecular weight is 473 g/mol. The number of ketones is 1. The number of likely N-dealkylation sites (tertiary alicyclic amines) is 1. The van der Waals surface area contributed by atoms with E-state index in [4.69, 9.17) is 4.74 Å². The van der Waals surface area contributed by atoms with Crippen molar-refractivity contribution in [3.8, 4) is 5.75 Å². The highest BCUT2D eigenvalue weighted by Gasteiger charge is 2.46. The van der Waals surface area contributed by atoms with E-state index in [9.17, 15) is 24.8 Å². The van der Waals surface area contributed by atoms with Gasteiger partial charge in [-0.3, -0.25) is 24.7 Å². The molecule has 9 nitrogen and oxygen atoms in total. The lowest BCUT2D eigenvalue weighted by Crippen LogP contribution is -2.29. The van der Waals surface area contributed by atoms with E-state index in [1.165, 1.54) is 23.1 Å². The number of hydrogen-bond acceptors (Lipinski definition) is 7. The molecule has 1 atom stereocenters. The number of Topliss-reactive ketones (excluding diaryl/α,β-unsaturated/α-hetero) is 1. The first-order valence-electron chi connectivity index (χ1n) is 11.1. The molecule has 0 saturated carbocycles. The number of pyridine rings is 1. The van der Waals surface area contributed by atoms with Crippen LogP contribution in [0.1, 0.15) is 36.1 Å². The van der Waals surface area contributed by atoms with Crippen molar-refractivity contribution in [2.75, 3.05) is 6.61 Å². The normalized spacial score (nSPS) is 16.9. The summed E-state index contributed by atoms with van der Waals surface area (Å²) >= 11 is 0. The predicted molar refractivity (Wildman–Crippen MR) is 127 cm³/mol. The highest BCUT2D eigenvalue weighted by molar-refractivity contribution is 6.46. The average Bonchev–Trinajstić information content (AvgIpc) is 3.12. The first-order valence-corrected chi connectivity index (χ1v) is 11.1. The molecule has 178 valence electrons. The largest absolute Gasteiger partial charge is 0.507 e. The summed E-state index contributed by atoms with van der Waals surface area (Å²) in [5, 5.41) is 22.6. The molecular formula is C26H23N3O6. The third-order valence-electron chi connectivity index (χ3n) is 5.59. The Bertz CT molecular complexity index is 1310. The molecule has 1 saturated heterocycles. The van der Waals surface area contributed by atoms with Crippen LogP contribution in [0.15, 0.2) is 78.6 Å². The van der Waals surface area contributed by atoms with Crippen molar-refractivity contribution >= 4 is 23.1 Å². The Morgan fingerprint density at radius 2 is 1.94 bits per heavy atom. The smallest absolute Gasteiger partial charge is 0.295 e. The van der Waals surface area contributed by atoms with Crippen LogP contribution in [-0.2, 0) is 16.1 Å². The fourth-order valence-corrected chi connectivity index (χ4v) is 4.00. The van der Waals surface area contributed by atoms with E-state index in [1.807, 2.05) is 6.92 Å². The van der Waals surface area contributed by atoms with E-state index in [-0.39, 0.29) is 23.6 Å². The topological polar surface area (TPSA) is 123 Å². The van der Waals surface area contributed by atoms with Gasteiger partial charge in [-0.05, 0) is 35.7 Å². The van der Waals surface area contributed by atoms with Gasteiger partial charge in [0.2, 0.25) is 0 Å². The fourth-order valence-electron chi connectivity index (χ4n) is 4.00. The van der Waals surface area contributed by atoms with Crippen molar-refractivity contribution in [1.29, 1.82) is 0 Å². The highest BCUT2D eigenvalue weighted by Crippen LogP contribution is 2.41. The molecule has 1 aliphatic rings. The first-order chi connectivity index (χ1) is 16.9. The molecule has 0 aliphatic carbocycles. The number of ether oxygens (including phenoxy) is 1. The summed E-state index contributed by atoms with van der Waals surface area (Å²) in [6, 6.07) is 14.7. The fraction of sp³-hybridized carbons (Fsp3) is 0.192. The van der Waals surface area contributed by atoms with Crippen LogP contribution in [0.2, 0.25) is 0 Å². The van der Waals surface area contributed by atoms with Gasteiger partial charge < -0.3 is 14.7 Å². The van der Waals surface area contributed by atoms with Crippen molar-refractivity contribution in [3.05, 3.63) is 105 Å². The standard InChI is InChI=1S/C26H23N3O6/c1-2-12-35-21-10-4-8-19(14-21)24(30)22-23(18-7-3-9-20(13-18)29(33)34)28(26(32)25(22)31)16-17-6-5-11-27-15-17/h3-11,13-15,23,30H,2,12,16H2,1H3. The van der Waals surface area contributed by atoms with Crippen LogP contribution >= 0.6 is 0 Å². The number of nitro benzene ring substituents is 1. The minimum Gasteiger partial charge on any atom is -0.507 e. The maximum Gasteiger partial charge on any atom is 0.295 e. The second kappa shape index (κ2) is 10.2. The van der Waals surface area contributed by atoms with E-state index in [2.05, 4.69) is 4.98 Å². The number of amides is 1. The number of carbonyl (C=O) groups excluding carboxylic acids is 2. The van der Waals surface area contributed by atoms with Gasteiger partial charge >= 0.3 is 0 Å². The summed E-state index contributed by atoms with van der Waals surface area (Å²) in [4.78, 5) is 42.5. The molecule has 1 amide bonds. The lowest BCUT2D eigenvalue weighted by molar-refractivity contribution is -0.384. The molecule has 9 heteroatoms. The molecule has 1 aromatic heterocycles. The molecule has 3 aromatic rings. The van der Waals surface area contributed by atoms with Gasteiger partial charge in [0, 0.05) is 36.6 Å². The van der Waals surface area contributed by atoms with Crippen molar-refractivity contribution < 1.29 is 24.4 Å². The van der Waals surface area contributed by atoms with Crippen molar-refractivity contribution in [2.45, 2.75) is 25.9 Å². The summed E-state index contributed by atoms with van der Waals surface area (Å²) in [7, 11) is 0. The highest BCUT2D eigenvalue weighted by atomic mass is 16.6.